The van der Waals surface area contributed by atoms with Crippen molar-refractivity contribution < 1.29 is 4.74 Å². The van der Waals surface area contributed by atoms with E-state index in [1.54, 1.807) is 0 Å². The Morgan fingerprint density at radius 2 is 2.30 bits per heavy atom. The number of benzene rings is 1. The molecule has 2 aliphatic rings. The Morgan fingerprint density at radius 1 is 1.40 bits per heavy atom. The van der Waals surface area contributed by atoms with Crippen molar-refractivity contribution in [1.29, 1.82) is 0 Å². The molecule has 1 unspecified atom stereocenters. The standard InChI is InChI=1S/C16H23ClN2O/c1-2-20-15-13(4-3-5-14(15)17)10-19-9-7-16(12-19)6-8-18-11-16/h3-5,18H,2,6-12H2,1H3. The number of halogens is 1. The molecule has 0 aromatic heterocycles. The molecule has 0 saturated carbocycles. The van der Waals surface area contributed by atoms with E-state index in [4.69, 9.17) is 16.3 Å². The quantitative estimate of drug-likeness (QED) is 0.924. The van der Waals surface area contributed by atoms with Crippen LogP contribution < -0.4 is 10.1 Å². The monoisotopic (exact) mass is 294 g/mol. The lowest BCUT2D eigenvalue weighted by Crippen LogP contribution is -2.29. The number of nitrogens with one attached hydrogen (secondary N) is 1. The van der Waals surface area contributed by atoms with E-state index in [1.165, 1.54) is 44.6 Å². The first-order valence-electron chi connectivity index (χ1n) is 7.56. The summed E-state index contributed by atoms with van der Waals surface area (Å²) in [6, 6.07) is 6.06. The molecule has 2 saturated heterocycles. The van der Waals surface area contributed by atoms with E-state index in [1.807, 2.05) is 19.1 Å². The lowest BCUT2D eigenvalue weighted by Gasteiger charge is -2.23. The summed E-state index contributed by atoms with van der Waals surface area (Å²) < 4.78 is 5.72. The molecule has 3 rings (SSSR count). The van der Waals surface area contributed by atoms with E-state index in [0.29, 0.717) is 12.0 Å². The van der Waals surface area contributed by atoms with Crippen molar-refractivity contribution >= 4 is 11.6 Å². The normalized spacial score (nSPS) is 26.5. The predicted molar refractivity (Wildman–Crippen MR) is 82.4 cm³/mol. The Bertz CT molecular complexity index is 472. The van der Waals surface area contributed by atoms with Crippen molar-refractivity contribution in [3.63, 3.8) is 0 Å². The summed E-state index contributed by atoms with van der Waals surface area (Å²) in [4.78, 5) is 2.54. The Morgan fingerprint density at radius 3 is 3.05 bits per heavy atom. The van der Waals surface area contributed by atoms with Gasteiger partial charge in [0.05, 0.1) is 11.6 Å². The molecule has 20 heavy (non-hydrogen) atoms. The van der Waals surface area contributed by atoms with Gasteiger partial charge >= 0.3 is 0 Å². The van der Waals surface area contributed by atoms with Gasteiger partial charge in [0.15, 0.2) is 0 Å². The highest BCUT2D eigenvalue weighted by Crippen LogP contribution is 2.38. The van der Waals surface area contributed by atoms with Crippen LogP contribution in [0.2, 0.25) is 5.02 Å². The van der Waals surface area contributed by atoms with Crippen LogP contribution in [-0.4, -0.2) is 37.7 Å². The third kappa shape index (κ3) is 2.80. The maximum Gasteiger partial charge on any atom is 0.142 e. The Kier molecular flexibility index (Phi) is 4.20. The lowest BCUT2D eigenvalue weighted by molar-refractivity contribution is 0.262. The molecule has 1 atom stereocenters. The third-order valence-corrected chi connectivity index (χ3v) is 4.88. The highest BCUT2D eigenvalue weighted by molar-refractivity contribution is 6.32. The van der Waals surface area contributed by atoms with E-state index in [9.17, 15) is 0 Å². The summed E-state index contributed by atoms with van der Waals surface area (Å²) in [6.45, 7) is 8.33. The van der Waals surface area contributed by atoms with Gasteiger partial charge in [-0.2, -0.15) is 0 Å². The number of likely N-dealkylation sites (tertiary alicyclic amines) is 1. The van der Waals surface area contributed by atoms with Crippen LogP contribution in [0.15, 0.2) is 18.2 Å². The summed E-state index contributed by atoms with van der Waals surface area (Å²) in [5, 5.41) is 4.23. The van der Waals surface area contributed by atoms with Crippen molar-refractivity contribution in [2.75, 3.05) is 32.8 Å². The Balaban J connectivity index is 1.71. The molecule has 0 bridgehead atoms. The fourth-order valence-corrected chi connectivity index (χ4v) is 3.78. The highest BCUT2D eigenvalue weighted by Gasteiger charge is 2.40. The molecule has 1 aromatic rings. The molecule has 2 heterocycles. The van der Waals surface area contributed by atoms with E-state index in [-0.39, 0.29) is 0 Å². The molecule has 110 valence electrons. The summed E-state index contributed by atoms with van der Waals surface area (Å²) in [6.07, 6.45) is 2.63. The minimum absolute atomic E-state index is 0.518. The van der Waals surface area contributed by atoms with Gasteiger partial charge in [-0.25, -0.2) is 0 Å². The topological polar surface area (TPSA) is 24.5 Å². The predicted octanol–water partition coefficient (Wildman–Crippen LogP) is 2.92. The fraction of sp³-hybridized carbons (Fsp3) is 0.625. The minimum atomic E-state index is 0.518. The molecule has 1 N–H and O–H groups in total. The van der Waals surface area contributed by atoms with Crippen molar-refractivity contribution in [2.24, 2.45) is 5.41 Å². The second-order valence-electron chi connectivity index (χ2n) is 6.05. The van der Waals surface area contributed by atoms with Crippen LogP contribution in [-0.2, 0) is 6.54 Å². The van der Waals surface area contributed by atoms with Gasteiger partial charge in [-0.15, -0.1) is 0 Å². The minimum Gasteiger partial charge on any atom is -0.492 e. The first kappa shape index (κ1) is 14.2. The van der Waals surface area contributed by atoms with Crippen LogP contribution in [0.3, 0.4) is 0 Å². The number of para-hydroxylation sites is 1. The largest absolute Gasteiger partial charge is 0.492 e. The van der Waals surface area contributed by atoms with Crippen molar-refractivity contribution in [3.05, 3.63) is 28.8 Å². The zero-order chi connectivity index (χ0) is 14.0. The van der Waals surface area contributed by atoms with Gasteiger partial charge in [-0.1, -0.05) is 23.7 Å². The van der Waals surface area contributed by atoms with Gasteiger partial charge in [0, 0.05) is 25.2 Å². The maximum absolute atomic E-state index is 6.26. The molecule has 2 aliphatic heterocycles. The average Bonchev–Trinajstić information content (AvgIpc) is 3.05. The lowest BCUT2D eigenvalue weighted by atomic mass is 9.86. The number of rotatable bonds is 4. The summed E-state index contributed by atoms with van der Waals surface area (Å²) in [7, 11) is 0. The van der Waals surface area contributed by atoms with Crippen molar-refractivity contribution in [1.82, 2.24) is 10.2 Å². The van der Waals surface area contributed by atoms with Crippen LogP contribution in [0.25, 0.3) is 0 Å². The van der Waals surface area contributed by atoms with Crippen LogP contribution in [0, 0.1) is 5.41 Å². The van der Waals surface area contributed by atoms with Gasteiger partial charge in [0.1, 0.15) is 5.75 Å². The maximum atomic E-state index is 6.26. The van der Waals surface area contributed by atoms with Gasteiger partial charge in [0.2, 0.25) is 0 Å². The van der Waals surface area contributed by atoms with Crippen molar-refractivity contribution in [2.45, 2.75) is 26.3 Å². The smallest absolute Gasteiger partial charge is 0.142 e. The zero-order valence-corrected chi connectivity index (χ0v) is 12.9. The second-order valence-corrected chi connectivity index (χ2v) is 6.46. The van der Waals surface area contributed by atoms with Gasteiger partial charge < -0.3 is 10.1 Å². The first-order chi connectivity index (χ1) is 9.72. The summed E-state index contributed by atoms with van der Waals surface area (Å²) in [5.74, 6) is 0.863. The molecule has 4 heteroatoms. The van der Waals surface area contributed by atoms with Gasteiger partial charge in [-0.05, 0) is 44.3 Å². The Labute approximate surface area is 126 Å². The highest BCUT2D eigenvalue weighted by atomic mass is 35.5. The number of hydrogen-bond acceptors (Lipinski definition) is 3. The van der Waals surface area contributed by atoms with Crippen molar-refractivity contribution in [3.8, 4) is 5.75 Å². The van der Waals surface area contributed by atoms with Gasteiger partial charge in [-0.3, -0.25) is 4.90 Å². The molecule has 1 spiro atoms. The van der Waals surface area contributed by atoms with Crippen LogP contribution in [0.5, 0.6) is 5.75 Å². The van der Waals surface area contributed by atoms with Crippen LogP contribution in [0.1, 0.15) is 25.3 Å². The second kappa shape index (κ2) is 5.92. The van der Waals surface area contributed by atoms with Gasteiger partial charge in [0.25, 0.3) is 0 Å². The molecule has 1 aromatic carbocycles. The molecule has 0 aliphatic carbocycles. The molecule has 3 nitrogen and oxygen atoms in total. The van der Waals surface area contributed by atoms with E-state index in [2.05, 4.69) is 16.3 Å². The average molecular weight is 295 g/mol. The van der Waals surface area contributed by atoms with E-state index in [0.717, 1.165) is 17.3 Å². The summed E-state index contributed by atoms with van der Waals surface area (Å²) in [5.41, 5.74) is 1.73. The molecule has 2 fully saturated rings. The van der Waals surface area contributed by atoms with Crippen LogP contribution >= 0.6 is 11.6 Å². The number of ether oxygens (including phenoxy) is 1. The number of nitrogens with zero attached hydrogens (tertiary/aromatic N) is 1. The Hall–Kier alpha value is -0.770. The molecular formula is C16H23ClN2O. The zero-order valence-electron chi connectivity index (χ0n) is 12.1. The molecular weight excluding hydrogens is 272 g/mol. The molecule has 0 amide bonds. The van der Waals surface area contributed by atoms with Crippen LogP contribution in [0.4, 0.5) is 0 Å². The third-order valence-electron chi connectivity index (χ3n) is 4.58. The number of hydrogen-bond donors (Lipinski definition) is 1. The SMILES string of the molecule is CCOc1c(Cl)cccc1CN1CCC2(CCNC2)C1. The van der Waals surface area contributed by atoms with E-state index >= 15 is 0 Å². The first-order valence-corrected chi connectivity index (χ1v) is 7.93. The van der Waals surface area contributed by atoms with E-state index < -0.39 is 0 Å². The summed E-state index contributed by atoms with van der Waals surface area (Å²) >= 11 is 6.26. The molecule has 0 radical (unpaired) electrons. The fourth-order valence-electron chi connectivity index (χ4n) is 3.53.